The zero-order valence-corrected chi connectivity index (χ0v) is 12.9. The van der Waals surface area contributed by atoms with E-state index in [0.717, 1.165) is 25.0 Å². The van der Waals surface area contributed by atoms with Gasteiger partial charge >= 0.3 is 0 Å². The molecule has 6 nitrogen and oxygen atoms in total. The van der Waals surface area contributed by atoms with Crippen LogP contribution in [-0.4, -0.2) is 41.9 Å². The molecule has 0 bridgehead atoms. The highest BCUT2D eigenvalue weighted by Crippen LogP contribution is 2.16. The largest absolute Gasteiger partial charge is 0.376 e. The summed E-state index contributed by atoms with van der Waals surface area (Å²) in [5.41, 5.74) is 1.40. The van der Waals surface area contributed by atoms with E-state index in [4.69, 9.17) is 4.74 Å². The van der Waals surface area contributed by atoms with E-state index in [1.807, 2.05) is 0 Å². The Bertz CT molecular complexity index is 590. The SMILES string of the molecule is O=C(NCC1CCCO1)c1ccc(CN2C(=O)CCC2=O)cc1. The maximum Gasteiger partial charge on any atom is 0.251 e. The topological polar surface area (TPSA) is 75.7 Å². The van der Waals surface area contributed by atoms with Crippen molar-refractivity contribution in [2.45, 2.75) is 38.3 Å². The number of nitrogens with zero attached hydrogens (tertiary/aromatic N) is 1. The predicted molar refractivity (Wildman–Crippen MR) is 82.5 cm³/mol. The molecule has 1 aromatic rings. The van der Waals surface area contributed by atoms with E-state index in [2.05, 4.69) is 5.32 Å². The minimum atomic E-state index is -0.139. The predicted octanol–water partition coefficient (Wildman–Crippen LogP) is 1.24. The van der Waals surface area contributed by atoms with Crippen LogP contribution in [0.3, 0.4) is 0 Å². The number of hydrogen-bond acceptors (Lipinski definition) is 4. The van der Waals surface area contributed by atoms with Crippen LogP contribution < -0.4 is 5.32 Å². The van der Waals surface area contributed by atoms with Gasteiger partial charge in [0.05, 0.1) is 12.6 Å². The van der Waals surface area contributed by atoms with E-state index in [1.165, 1.54) is 4.90 Å². The molecule has 23 heavy (non-hydrogen) atoms. The Kier molecular flexibility index (Phi) is 4.71. The molecule has 122 valence electrons. The summed E-state index contributed by atoms with van der Waals surface area (Å²) < 4.78 is 5.47. The first-order valence-corrected chi connectivity index (χ1v) is 7.95. The lowest BCUT2D eigenvalue weighted by atomic mass is 10.1. The fraction of sp³-hybridized carbons (Fsp3) is 0.471. The zero-order valence-electron chi connectivity index (χ0n) is 12.9. The molecule has 2 fully saturated rings. The molecular weight excluding hydrogens is 296 g/mol. The molecule has 0 aliphatic carbocycles. The Morgan fingerprint density at radius 2 is 1.87 bits per heavy atom. The second kappa shape index (κ2) is 6.91. The van der Waals surface area contributed by atoms with Gasteiger partial charge in [-0.2, -0.15) is 0 Å². The maximum absolute atomic E-state index is 12.1. The minimum Gasteiger partial charge on any atom is -0.376 e. The van der Waals surface area contributed by atoms with Gasteiger partial charge in [-0.1, -0.05) is 12.1 Å². The van der Waals surface area contributed by atoms with Crippen LogP contribution in [0, 0.1) is 0 Å². The second-order valence-electron chi connectivity index (χ2n) is 5.92. The van der Waals surface area contributed by atoms with E-state index in [-0.39, 0.29) is 30.4 Å². The number of nitrogens with one attached hydrogen (secondary N) is 1. The number of carbonyl (C=O) groups excluding carboxylic acids is 3. The van der Waals surface area contributed by atoms with Crippen LogP contribution in [0.4, 0.5) is 0 Å². The van der Waals surface area contributed by atoms with Gasteiger partial charge in [0.25, 0.3) is 5.91 Å². The first-order chi connectivity index (χ1) is 11.1. The van der Waals surface area contributed by atoms with Gasteiger partial charge in [-0.25, -0.2) is 0 Å². The van der Waals surface area contributed by atoms with Crippen molar-refractivity contribution in [1.29, 1.82) is 0 Å². The van der Waals surface area contributed by atoms with Crippen LogP contribution in [0.15, 0.2) is 24.3 Å². The monoisotopic (exact) mass is 316 g/mol. The molecule has 2 saturated heterocycles. The van der Waals surface area contributed by atoms with Crippen molar-refractivity contribution in [3.8, 4) is 0 Å². The van der Waals surface area contributed by atoms with Gasteiger partial charge in [0.2, 0.25) is 11.8 Å². The van der Waals surface area contributed by atoms with Crippen LogP contribution in [-0.2, 0) is 20.9 Å². The van der Waals surface area contributed by atoms with Crippen molar-refractivity contribution in [2.75, 3.05) is 13.2 Å². The summed E-state index contributed by atoms with van der Waals surface area (Å²) in [5.74, 6) is -0.401. The summed E-state index contributed by atoms with van der Waals surface area (Å²) in [5, 5.41) is 2.87. The Labute approximate surface area is 134 Å². The molecule has 0 radical (unpaired) electrons. The van der Waals surface area contributed by atoms with Crippen LogP contribution in [0.1, 0.15) is 41.6 Å². The van der Waals surface area contributed by atoms with Crippen LogP contribution >= 0.6 is 0 Å². The number of amides is 3. The Morgan fingerprint density at radius 1 is 1.17 bits per heavy atom. The lowest BCUT2D eigenvalue weighted by molar-refractivity contribution is -0.139. The normalized spacial score (nSPS) is 21.0. The average molecular weight is 316 g/mol. The van der Waals surface area contributed by atoms with Crippen molar-refractivity contribution in [1.82, 2.24) is 10.2 Å². The molecular formula is C17H20N2O4. The summed E-state index contributed by atoms with van der Waals surface area (Å²) >= 11 is 0. The quantitative estimate of drug-likeness (QED) is 0.829. The summed E-state index contributed by atoms with van der Waals surface area (Å²) in [7, 11) is 0. The number of hydrogen-bond donors (Lipinski definition) is 1. The summed E-state index contributed by atoms with van der Waals surface area (Å²) in [4.78, 5) is 36.6. The molecule has 1 atom stereocenters. The van der Waals surface area contributed by atoms with Crippen LogP contribution in [0.5, 0.6) is 0 Å². The van der Waals surface area contributed by atoms with E-state index in [0.29, 0.717) is 24.9 Å². The van der Waals surface area contributed by atoms with Crippen molar-refractivity contribution in [3.63, 3.8) is 0 Å². The Hall–Kier alpha value is -2.21. The van der Waals surface area contributed by atoms with Crippen molar-refractivity contribution in [2.24, 2.45) is 0 Å². The fourth-order valence-corrected chi connectivity index (χ4v) is 2.86. The van der Waals surface area contributed by atoms with Crippen molar-refractivity contribution < 1.29 is 19.1 Å². The van der Waals surface area contributed by atoms with Gasteiger partial charge in [-0.15, -0.1) is 0 Å². The molecule has 0 spiro atoms. The van der Waals surface area contributed by atoms with Crippen LogP contribution in [0.2, 0.25) is 0 Å². The molecule has 0 aromatic heterocycles. The summed E-state index contributed by atoms with van der Waals surface area (Å²) in [6.07, 6.45) is 2.73. The first kappa shape index (κ1) is 15.7. The fourth-order valence-electron chi connectivity index (χ4n) is 2.86. The van der Waals surface area contributed by atoms with E-state index >= 15 is 0 Å². The molecule has 6 heteroatoms. The molecule has 3 rings (SSSR count). The number of imide groups is 1. The van der Waals surface area contributed by atoms with Gasteiger partial charge in [0.15, 0.2) is 0 Å². The Balaban J connectivity index is 1.54. The highest BCUT2D eigenvalue weighted by Gasteiger charge is 2.28. The Morgan fingerprint density at radius 3 is 2.48 bits per heavy atom. The van der Waals surface area contributed by atoms with E-state index < -0.39 is 0 Å². The van der Waals surface area contributed by atoms with Gasteiger partial charge in [0.1, 0.15) is 0 Å². The molecule has 1 aromatic carbocycles. The summed E-state index contributed by atoms with van der Waals surface area (Å²) in [6.45, 7) is 1.57. The molecule has 1 N–H and O–H groups in total. The number of carbonyl (C=O) groups is 3. The standard InChI is InChI=1S/C17H20N2O4/c20-15-7-8-16(21)19(15)11-12-3-5-13(6-4-12)17(22)18-10-14-2-1-9-23-14/h3-6,14H,1-2,7-11H2,(H,18,22). The number of likely N-dealkylation sites (tertiary alicyclic amines) is 1. The third-order valence-electron chi connectivity index (χ3n) is 4.23. The summed E-state index contributed by atoms with van der Waals surface area (Å²) in [6, 6.07) is 6.98. The number of ether oxygens (including phenoxy) is 1. The molecule has 2 heterocycles. The van der Waals surface area contributed by atoms with Gasteiger partial charge < -0.3 is 10.1 Å². The molecule has 3 amide bonds. The lowest BCUT2D eigenvalue weighted by Crippen LogP contribution is -2.31. The van der Waals surface area contributed by atoms with E-state index in [1.54, 1.807) is 24.3 Å². The third-order valence-corrected chi connectivity index (χ3v) is 4.23. The molecule has 2 aliphatic heterocycles. The first-order valence-electron chi connectivity index (χ1n) is 7.95. The highest BCUT2D eigenvalue weighted by atomic mass is 16.5. The second-order valence-corrected chi connectivity index (χ2v) is 5.92. The van der Waals surface area contributed by atoms with Crippen molar-refractivity contribution in [3.05, 3.63) is 35.4 Å². The number of rotatable bonds is 5. The highest BCUT2D eigenvalue weighted by molar-refractivity contribution is 6.01. The minimum absolute atomic E-state index is 0.116. The van der Waals surface area contributed by atoms with Gasteiger partial charge in [-0.3, -0.25) is 19.3 Å². The van der Waals surface area contributed by atoms with Gasteiger partial charge in [0, 0.05) is 31.6 Å². The molecule has 0 saturated carbocycles. The average Bonchev–Trinajstić information content (AvgIpc) is 3.18. The molecule has 2 aliphatic rings. The maximum atomic E-state index is 12.1. The van der Waals surface area contributed by atoms with Crippen molar-refractivity contribution >= 4 is 17.7 Å². The zero-order chi connectivity index (χ0) is 16.2. The van der Waals surface area contributed by atoms with E-state index in [9.17, 15) is 14.4 Å². The third kappa shape index (κ3) is 3.76. The number of benzene rings is 1. The van der Waals surface area contributed by atoms with Crippen LogP contribution in [0.25, 0.3) is 0 Å². The molecule has 1 unspecified atom stereocenters. The lowest BCUT2D eigenvalue weighted by Gasteiger charge is -2.14. The van der Waals surface area contributed by atoms with Gasteiger partial charge in [-0.05, 0) is 30.5 Å². The smallest absolute Gasteiger partial charge is 0.251 e.